The standard InChI is InChI=1S/C23H17F3N4O2/c24-23(25,26)17-5-2-1-4-14(17)13-29-11-10-15-16-12-27-22(28-18(16)8-9-19(15)29)30-20(31)6-3-7-21(30)32/h1-2,4-5,8-12H,3,6-7,13H2. The van der Waals surface area contributed by atoms with Crippen LogP contribution in [0, 0.1) is 0 Å². The minimum absolute atomic E-state index is 0.0464. The van der Waals surface area contributed by atoms with Gasteiger partial charge in [-0.25, -0.2) is 14.9 Å². The summed E-state index contributed by atoms with van der Waals surface area (Å²) in [6, 6.07) is 10.8. The van der Waals surface area contributed by atoms with E-state index in [4.69, 9.17) is 0 Å². The fourth-order valence-corrected chi connectivity index (χ4v) is 4.12. The summed E-state index contributed by atoms with van der Waals surface area (Å²) in [5, 5.41) is 1.46. The molecule has 0 bridgehead atoms. The molecule has 0 spiro atoms. The molecular weight excluding hydrogens is 421 g/mol. The first-order valence-electron chi connectivity index (χ1n) is 10.1. The monoisotopic (exact) mass is 438 g/mol. The molecule has 0 aliphatic carbocycles. The van der Waals surface area contributed by atoms with Gasteiger partial charge in [-0.2, -0.15) is 13.2 Å². The average Bonchev–Trinajstić information content (AvgIpc) is 3.16. The summed E-state index contributed by atoms with van der Waals surface area (Å²) in [6.07, 6.45) is -0.0952. The second-order valence-electron chi connectivity index (χ2n) is 7.68. The van der Waals surface area contributed by atoms with Crippen LogP contribution < -0.4 is 4.90 Å². The maximum atomic E-state index is 13.4. The number of halogens is 3. The molecule has 1 aliphatic rings. The second kappa shape index (κ2) is 7.44. The zero-order valence-electron chi connectivity index (χ0n) is 16.8. The molecule has 9 heteroatoms. The molecule has 5 rings (SSSR count). The van der Waals surface area contributed by atoms with Crippen molar-refractivity contribution in [1.29, 1.82) is 0 Å². The Morgan fingerprint density at radius 3 is 2.44 bits per heavy atom. The number of aromatic nitrogens is 3. The van der Waals surface area contributed by atoms with Crippen LogP contribution in [0.3, 0.4) is 0 Å². The van der Waals surface area contributed by atoms with E-state index in [0.717, 1.165) is 21.9 Å². The number of nitrogens with zero attached hydrogens (tertiary/aromatic N) is 4. The first-order valence-corrected chi connectivity index (χ1v) is 10.1. The van der Waals surface area contributed by atoms with Gasteiger partial charge in [0.15, 0.2) is 0 Å². The van der Waals surface area contributed by atoms with Crippen LogP contribution in [0.2, 0.25) is 0 Å². The summed E-state index contributed by atoms with van der Waals surface area (Å²) >= 11 is 0. The van der Waals surface area contributed by atoms with Gasteiger partial charge < -0.3 is 4.57 Å². The van der Waals surface area contributed by atoms with Crippen LogP contribution in [0.25, 0.3) is 21.8 Å². The Labute approximate surface area is 180 Å². The predicted molar refractivity (Wildman–Crippen MR) is 112 cm³/mol. The molecule has 2 amide bonds. The highest BCUT2D eigenvalue weighted by Gasteiger charge is 2.33. The topological polar surface area (TPSA) is 68.1 Å². The van der Waals surface area contributed by atoms with E-state index < -0.39 is 11.7 Å². The number of anilines is 1. The second-order valence-corrected chi connectivity index (χ2v) is 7.68. The number of piperidine rings is 1. The van der Waals surface area contributed by atoms with Gasteiger partial charge in [0.25, 0.3) is 0 Å². The van der Waals surface area contributed by atoms with E-state index in [9.17, 15) is 22.8 Å². The number of amides is 2. The highest BCUT2D eigenvalue weighted by Crippen LogP contribution is 2.33. The lowest BCUT2D eigenvalue weighted by molar-refractivity contribution is -0.138. The Morgan fingerprint density at radius 1 is 0.938 bits per heavy atom. The van der Waals surface area contributed by atoms with Gasteiger partial charge in [0.2, 0.25) is 17.8 Å². The van der Waals surface area contributed by atoms with Gasteiger partial charge in [0, 0.05) is 48.1 Å². The summed E-state index contributed by atoms with van der Waals surface area (Å²) in [4.78, 5) is 34.0. The summed E-state index contributed by atoms with van der Waals surface area (Å²) in [5.74, 6) is -0.600. The SMILES string of the molecule is O=C1CCCC(=O)N1c1ncc2c(ccc3c2ccn3Cc2ccccc2C(F)(F)F)n1. The lowest BCUT2D eigenvalue weighted by Crippen LogP contribution is -2.41. The molecule has 1 saturated heterocycles. The van der Waals surface area contributed by atoms with Crippen LogP contribution in [0.4, 0.5) is 19.1 Å². The molecule has 1 aliphatic heterocycles. The van der Waals surface area contributed by atoms with Crippen LogP contribution in [0.15, 0.2) is 54.9 Å². The average molecular weight is 438 g/mol. The molecule has 0 unspecified atom stereocenters. The van der Waals surface area contributed by atoms with Crippen LogP contribution in [0.5, 0.6) is 0 Å². The number of carbonyl (C=O) groups is 2. The third kappa shape index (κ3) is 3.39. The molecule has 4 aromatic rings. The molecule has 0 atom stereocenters. The van der Waals surface area contributed by atoms with Gasteiger partial charge >= 0.3 is 6.18 Å². The first kappa shape index (κ1) is 20.2. The Kier molecular flexibility index (Phi) is 4.69. The molecule has 32 heavy (non-hydrogen) atoms. The van der Waals surface area contributed by atoms with Crippen molar-refractivity contribution in [1.82, 2.24) is 14.5 Å². The fraction of sp³-hybridized carbons (Fsp3) is 0.217. The van der Waals surface area contributed by atoms with Crippen molar-refractivity contribution in [2.75, 3.05) is 4.90 Å². The van der Waals surface area contributed by atoms with Crippen LogP contribution >= 0.6 is 0 Å². The number of imide groups is 1. The van der Waals surface area contributed by atoms with Crippen molar-refractivity contribution >= 4 is 39.6 Å². The first-order chi connectivity index (χ1) is 15.3. The van der Waals surface area contributed by atoms with E-state index in [2.05, 4.69) is 9.97 Å². The smallest absolute Gasteiger partial charge is 0.343 e. The molecule has 6 nitrogen and oxygen atoms in total. The van der Waals surface area contributed by atoms with Crippen molar-refractivity contribution in [3.63, 3.8) is 0 Å². The number of carbonyl (C=O) groups excluding carboxylic acids is 2. The number of rotatable bonds is 3. The lowest BCUT2D eigenvalue weighted by atomic mass is 10.1. The van der Waals surface area contributed by atoms with Crippen molar-refractivity contribution < 1.29 is 22.8 Å². The van der Waals surface area contributed by atoms with Crippen molar-refractivity contribution in [3.8, 4) is 0 Å². The zero-order valence-corrected chi connectivity index (χ0v) is 16.8. The van der Waals surface area contributed by atoms with Gasteiger partial charge in [-0.15, -0.1) is 0 Å². The maximum absolute atomic E-state index is 13.4. The minimum Gasteiger partial charge on any atom is -0.343 e. The van der Waals surface area contributed by atoms with Gasteiger partial charge in [-0.1, -0.05) is 18.2 Å². The van der Waals surface area contributed by atoms with Crippen molar-refractivity contribution in [2.45, 2.75) is 32.0 Å². The number of benzene rings is 2. The van der Waals surface area contributed by atoms with E-state index in [1.807, 2.05) is 0 Å². The summed E-state index contributed by atoms with van der Waals surface area (Å²) < 4.78 is 41.8. The maximum Gasteiger partial charge on any atom is 0.416 e. The number of hydrogen-bond donors (Lipinski definition) is 0. The molecule has 2 aromatic carbocycles. The minimum atomic E-state index is -4.43. The Balaban J connectivity index is 1.54. The van der Waals surface area contributed by atoms with E-state index in [0.29, 0.717) is 17.3 Å². The van der Waals surface area contributed by atoms with Gasteiger partial charge in [0.1, 0.15) is 0 Å². The van der Waals surface area contributed by atoms with Crippen molar-refractivity contribution in [2.24, 2.45) is 0 Å². The largest absolute Gasteiger partial charge is 0.416 e. The summed E-state index contributed by atoms with van der Waals surface area (Å²) in [5.41, 5.74) is 0.788. The van der Waals surface area contributed by atoms with E-state index in [-0.39, 0.29) is 42.7 Å². The lowest BCUT2D eigenvalue weighted by Gasteiger charge is -2.22. The summed E-state index contributed by atoms with van der Waals surface area (Å²) in [6.45, 7) is 0.0560. The zero-order chi connectivity index (χ0) is 22.5. The highest BCUT2D eigenvalue weighted by molar-refractivity contribution is 6.15. The van der Waals surface area contributed by atoms with Gasteiger partial charge in [-0.3, -0.25) is 9.59 Å². The molecule has 0 radical (unpaired) electrons. The van der Waals surface area contributed by atoms with E-state index >= 15 is 0 Å². The highest BCUT2D eigenvalue weighted by atomic mass is 19.4. The normalized spacial score (nSPS) is 15.2. The van der Waals surface area contributed by atoms with Crippen molar-refractivity contribution in [3.05, 3.63) is 66.0 Å². The van der Waals surface area contributed by atoms with Gasteiger partial charge in [0.05, 0.1) is 11.1 Å². The molecule has 162 valence electrons. The third-order valence-electron chi connectivity index (χ3n) is 5.64. The predicted octanol–water partition coefficient (Wildman–Crippen LogP) is 4.70. The van der Waals surface area contributed by atoms with Crippen LogP contribution in [-0.2, 0) is 22.3 Å². The number of alkyl halides is 3. The molecule has 0 saturated carbocycles. The molecule has 1 fully saturated rings. The van der Waals surface area contributed by atoms with E-state index in [1.165, 1.54) is 12.1 Å². The Bertz CT molecular complexity index is 1360. The number of fused-ring (bicyclic) bond motifs is 3. The van der Waals surface area contributed by atoms with Gasteiger partial charge in [-0.05, 0) is 36.2 Å². The van der Waals surface area contributed by atoms with E-state index in [1.54, 1.807) is 41.2 Å². The molecule has 2 aromatic heterocycles. The quantitative estimate of drug-likeness (QED) is 0.435. The van der Waals surface area contributed by atoms with Crippen LogP contribution in [-0.4, -0.2) is 26.3 Å². The Hall–Kier alpha value is -3.75. The fourth-order valence-electron chi connectivity index (χ4n) is 4.12. The number of hydrogen-bond acceptors (Lipinski definition) is 4. The Morgan fingerprint density at radius 2 is 1.69 bits per heavy atom. The third-order valence-corrected chi connectivity index (χ3v) is 5.64. The molecular formula is C23H17F3N4O2. The summed E-state index contributed by atoms with van der Waals surface area (Å²) in [7, 11) is 0. The van der Waals surface area contributed by atoms with Crippen LogP contribution in [0.1, 0.15) is 30.4 Å². The molecule has 0 N–H and O–H groups in total. The molecule has 3 heterocycles.